The molecule has 0 aliphatic rings. The highest BCUT2D eigenvalue weighted by atomic mass is 16.5. The van der Waals surface area contributed by atoms with Crippen LogP contribution in [0.1, 0.15) is 36.3 Å². The molecule has 102 valence electrons. The number of ether oxygens (including phenoxy) is 1. The van der Waals surface area contributed by atoms with Crippen LogP contribution in [0.3, 0.4) is 0 Å². The van der Waals surface area contributed by atoms with Crippen LogP contribution in [0, 0.1) is 6.92 Å². The van der Waals surface area contributed by atoms with E-state index < -0.39 is 6.10 Å². The van der Waals surface area contributed by atoms with Gasteiger partial charge >= 0.3 is 0 Å². The summed E-state index contributed by atoms with van der Waals surface area (Å²) in [5.74, 6) is 0.831. The van der Waals surface area contributed by atoms with Gasteiger partial charge in [-0.2, -0.15) is 5.10 Å². The molecule has 0 aliphatic carbocycles. The average Bonchev–Trinajstić information content (AvgIpc) is 2.86. The lowest BCUT2D eigenvalue weighted by molar-refractivity contribution is 0.207. The number of hydrogen-bond donors (Lipinski definition) is 1. The van der Waals surface area contributed by atoms with Crippen molar-refractivity contribution < 1.29 is 9.84 Å². The number of hydrogen-bond acceptors (Lipinski definition) is 3. The molecule has 1 N–H and O–H groups in total. The number of benzene rings is 1. The lowest BCUT2D eigenvalue weighted by Crippen LogP contribution is -2.10. The first kappa shape index (κ1) is 13.6. The Morgan fingerprint density at radius 1 is 1.37 bits per heavy atom. The smallest absolute Gasteiger partial charge is 0.121 e. The summed E-state index contributed by atoms with van der Waals surface area (Å²) in [6.45, 7) is 4.88. The number of aryl methyl sites for hydroxylation is 2. The first-order valence-corrected chi connectivity index (χ1v) is 6.51. The summed E-state index contributed by atoms with van der Waals surface area (Å²) in [6, 6.07) is 7.58. The van der Waals surface area contributed by atoms with Crippen molar-refractivity contribution in [2.75, 3.05) is 7.11 Å². The van der Waals surface area contributed by atoms with Gasteiger partial charge in [0.2, 0.25) is 0 Å². The summed E-state index contributed by atoms with van der Waals surface area (Å²) in [6.07, 6.45) is 2.06. The number of methoxy groups -OCH3 is 1. The van der Waals surface area contributed by atoms with Crippen molar-refractivity contribution in [3.8, 4) is 5.75 Å². The first-order chi connectivity index (χ1) is 9.17. The molecule has 0 radical (unpaired) electrons. The normalized spacial score (nSPS) is 12.4. The van der Waals surface area contributed by atoms with Crippen LogP contribution in [0.5, 0.6) is 5.75 Å². The van der Waals surface area contributed by atoms with Crippen molar-refractivity contribution in [3.63, 3.8) is 0 Å². The van der Waals surface area contributed by atoms with Crippen molar-refractivity contribution in [3.05, 3.63) is 47.3 Å². The Hall–Kier alpha value is -1.81. The number of rotatable bonds is 5. The zero-order valence-corrected chi connectivity index (χ0v) is 11.6. The number of aliphatic hydroxyl groups excluding tert-OH is 1. The van der Waals surface area contributed by atoms with Gasteiger partial charge in [-0.25, -0.2) is 0 Å². The molecule has 0 amide bonds. The highest BCUT2D eigenvalue weighted by molar-refractivity contribution is 5.38. The van der Waals surface area contributed by atoms with Crippen LogP contribution in [-0.2, 0) is 6.54 Å². The van der Waals surface area contributed by atoms with E-state index in [1.807, 2.05) is 35.9 Å². The van der Waals surface area contributed by atoms with Gasteiger partial charge in [0, 0.05) is 12.7 Å². The van der Waals surface area contributed by atoms with Crippen molar-refractivity contribution >= 4 is 0 Å². The van der Waals surface area contributed by atoms with Crippen LogP contribution in [0.2, 0.25) is 0 Å². The highest BCUT2D eigenvalue weighted by Crippen LogP contribution is 2.26. The van der Waals surface area contributed by atoms with Gasteiger partial charge in [0.1, 0.15) is 11.9 Å². The summed E-state index contributed by atoms with van der Waals surface area (Å²) in [5, 5.41) is 14.7. The predicted octanol–water partition coefficient (Wildman–Crippen LogP) is 2.69. The van der Waals surface area contributed by atoms with Crippen LogP contribution < -0.4 is 4.74 Å². The molecule has 0 saturated carbocycles. The van der Waals surface area contributed by atoms with Crippen molar-refractivity contribution in [1.29, 1.82) is 0 Å². The molecule has 19 heavy (non-hydrogen) atoms. The molecular formula is C15H20N2O2. The SMILES string of the molecule is CCCn1nccc1C(O)c1ccc(OC)c(C)c1. The second-order valence-electron chi connectivity index (χ2n) is 4.61. The molecule has 1 heterocycles. The largest absolute Gasteiger partial charge is 0.496 e. The van der Waals surface area contributed by atoms with Gasteiger partial charge in [0.15, 0.2) is 0 Å². The van der Waals surface area contributed by atoms with Gasteiger partial charge in [-0.15, -0.1) is 0 Å². The maximum Gasteiger partial charge on any atom is 0.121 e. The van der Waals surface area contributed by atoms with Gasteiger partial charge in [-0.3, -0.25) is 4.68 Å². The Morgan fingerprint density at radius 2 is 2.16 bits per heavy atom. The van der Waals surface area contributed by atoms with Crippen LogP contribution in [-0.4, -0.2) is 22.0 Å². The minimum absolute atomic E-state index is 0.654. The molecule has 1 atom stereocenters. The third kappa shape index (κ3) is 2.79. The van der Waals surface area contributed by atoms with Crippen LogP contribution in [0.4, 0.5) is 0 Å². The molecule has 1 aromatic carbocycles. The van der Waals surface area contributed by atoms with E-state index in [4.69, 9.17) is 4.74 Å². The Morgan fingerprint density at radius 3 is 2.79 bits per heavy atom. The van der Waals surface area contributed by atoms with Crippen molar-refractivity contribution in [2.24, 2.45) is 0 Å². The Labute approximate surface area is 113 Å². The fourth-order valence-electron chi connectivity index (χ4n) is 2.22. The highest BCUT2D eigenvalue weighted by Gasteiger charge is 2.16. The fourth-order valence-corrected chi connectivity index (χ4v) is 2.22. The Kier molecular flexibility index (Phi) is 4.22. The topological polar surface area (TPSA) is 47.3 Å². The summed E-state index contributed by atoms with van der Waals surface area (Å²) in [5.41, 5.74) is 2.70. The van der Waals surface area contributed by atoms with E-state index in [9.17, 15) is 5.11 Å². The molecule has 0 fully saturated rings. The molecule has 4 nitrogen and oxygen atoms in total. The van der Waals surface area contributed by atoms with E-state index in [0.29, 0.717) is 0 Å². The van der Waals surface area contributed by atoms with E-state index in [0.717, 1.165) is 35.5 Å². The van der Waals surface area contributed by atoms with E-state index in [1.165, 1.54) is 0 Å². The van der Waals surface area contributed by atoms with E-state index >= 15 is 0 Å². The van der Waals surface area contributed by atoms with Crippen LogP contribution in [0.15, 0.2) is 30.5 Å². The summed E-state index contributed by atoms with van der Waals surface area (Å²) >= 11 is 0. The molecule has 0 spiro atoms. The molecule has 1 unspecified atom stereocenters. The van der Waals surface area contributed by atoms with E-state index in [1.54, 1.807) is 13.3 Å². The van der Waals surface area contributed by atoms with Gasteiger partial charge in [-0.05, 0) is 42.7 Å². The second-order valence-corrected chi connectivity index (χ2v) is 4.61. The summed E-state index contributed by atoms with van der Waals surface area (Å²) in [4.78, 5) is 0. The van der Waals surface area contributed by atoms with Gasteiger partial charge in [0.25, 0.3) is 0 Å². The van der Waals surface area contributed by atoms with E-state index in [2.05, 4.69) is 12.0 Å². The summed E-state index contributed by atoms with van der Waals surface area (Å²) in [7, 11) is 1.65. The Balaban J connectivity index is 2.30. The third-order valence-corrected chi connectivity index (χ3v) is 3.20. The van der Waals surface area contributed by atoms with Crippen LogP contribution in [0.25, 0.3) is 0 Å². The molecule has 2 rings (SSSR count). The predicted molar refractivity (Wildman–Crippen MR) is 74.3 cm³/mol. The fraction of sp³-hybridized carbons (Fsp3) is 0.400. The maximum atomic E-state index is 10.5. The molecule has 0 bridgehead atoms. The lowest BCUT2D eigenvalue weighted by Gasteiger charge is -2.15. The van der Waals surface area contributed by atoms with Gasteiger partial charge in [0.05, 0.1) is 12.8 Å². The van der Waals surface area contributed by atoms with E-state index in [-0.39, 0.29) is 0 Å². The minimum Gasteiger partial charge on any atom is -0.496 e. The maximum absolute atomic E-state index is 10.5. The Bertz CT molecular complexity index is 549. The van der Waals surface area contributed by atoms with Crippen LogP contribution >= 0.6 is 0 Å². The molecule has 4 heteroatoms. The monoisotopic (exact) mass is 260 g/mol. The molecular weight excluding hydrogens is 240 g/mol. The average molecular weight is 260 g/mol. The minimum atomic E-state index is -0.654. The van der Waals surface area contributed by atoms with Gasteiger partial charge in [-0.1, -0.05) is 13.0 Å². The molecule has 1 aromatic heterocycles. The lowest BCUT2D eigenvalue weighted by atomic mass is 10.0. The van der Waals surface area contributed by atoms with Crippen molar-refractivity contribution in [1.82, 2.24) is 9.78 Å². The summed E-state index contributed by atoms with van der Waals surface area (Å²) < 4.78 is 7.08. The number of aliphatic hydroxyl groups is 1. The van der Waals surface area contributed by atoms with Crippen molar-refractivity contribution in [2.45, 2.75) is 32.9 Å². The second kappa shape index (κ2) is 5.89. The standard InChI is InChI=1S/C15H20N2O2/c1-4-9-17-13(7-8-16-17)15(18)12-5-6-14(19-3)11(2)10-12/h5-8,10,15,18H,4,9H2,1-3H3. The quantitative estimate of drug-likeness (QED) is 0.899. The van der Waals surface area contributed by atoms with Gasteiger partial charge < -0.3 is 9.84 Å². The zero-order valence-electron chi connectivity index (χ0n) is 11.6. The zero-order chi connectivity index (χ0) is 13.8. The molecule has 0 saturated heterocycles. The number of nitrogens with zero attached hydrogens (tertiary/aromatic N) is 2. The molecule has 0 aliphatic heterocycles. The molecule has 2 aromatic rings. The third-order valence-electron chi connectivity index (χ3n) is 3.20. The first-order valence-electron chi connectivity index (χ1n) is 6.51. The number of aromatic nitrogens is 2.